The van der Waals surface area contributed by atoms with Crippen LogP contribution in [0.4, 0.5) is 20.6 Å². The minimum Gasteiger partial charge on any atom is -0.378 e. The molecule has 1 saturated heterocycles. The average molecular weight is 372 g/mol. The Kier molecular flexibility index (Phi) is 5.72. The lowest BCUT2D eigenvalue weighted by molar-refractivity contribution is -0.0409. The highest BCUT2D eigenvalue weighted by Gasteiger charge is 2.26. The number of aromatic nitrogens is 1. The summed E-state index contributed by atoms with van der Waals surface area (Å²) in [4.78, 5) is 19.7. The monoisotopic (exact) mass is 372 g/mol. The number of morpholine rings is 1. The molecular formula is C20H25FN4O2. The summed E-state index contributed by atoms with van der Waals surface area (Å²) in [6, 6.07) is 8.00. The first-order valence-corrected chi connectivity index (χ1v) is 9.01. The Labute approximate surface area is 158 Å². The summed E-state index contributed by atoms with van der Waals surface area (Å²) in [5.41, 5.74) is 7.80. The van der Waals surface area contributed by atoms with Crippen LogP contribution in [0.1, 0.15) is 25.1 Å². The van der Waals surface area contributed by atoms with Gasteiger partial charge in [0.1, 0.15) is 5.82 Å². The maximum atomic E-state index is 14.6. The fourth-order valence-electron chi connectivity index (χ4n) is 3.36. The van der Waals surface area contributed by atoms with Gasteiger partial charge in [-0.1, -0.05) is 6.07 Å². The first kappa shape index (κ1) is 19.3. The van der Waals surface area contributed by atoms with Crippen molar-refractivity contribution >= 4 is 17.4 Å². The largest absolute Gasteiger partial charge is 0.378 e. The first-order valence-electron chi connectivity index (χ1n) is 9.01. The van der Waals surface area contributed by atoms with Crippen LogP contribution in [0, 0.1) is 12.7 Å². The summed E-state index contributed by atoms with van der Waals surface area (Å²) in [6.45, 7) is 8.02. The number of rotatable bonds is 4. The molecule has 0 saturated carbocycles. The maximum absolute atomic E-state index is 14.6. The number of nitrogens with zero attached hydrogens (tertiary/aromatic N) is 3. The van der Waals surface area contributed by atoms with Gasteiger partial charge in [0.25, 0.3) is 0 Å². The molecule has 1 aliphatic heterocycles. The Hall–Kier alpha value is -2.51. The van der Waals surface area contributed by atoms with E-state index in [-0.39, 0.29) is 17.8 Å². The lowest BCUT2D eigenvalue weighted by Crippen LogP contribution is -2.48. The van der Waals surface area contributed by atoms with E-state index < -0.39 is 11.8 Å². The molecule has 0 spiro atoms. The van der Waals surface area contributed by atoms with Gasteiger partial charge in [0.15, 0.2) is 0 Å². The number of anilines is 2. The predicted molar refractivity (Wildman–Crippen MR) is 102 cm³/mol. The third-order valence-corrected chi connectivity index (χ3v) is 4.84. The van der Waals surface area contributed by atoms with Gasteiger partial charge < -0.3 is 10.5 Å². The molecule has 2 N–H and O–H groups in total. The third-order valence-electron chi connectivity index (χ3n) is 4.84. The van der Waals surface area contributed by atoms with E-state index in [1.807, 2.05) is 6.92 Å². The molecule has 0 radical (unpaired) electrons. The highest BCUT2D eigenvalue weighted by atomic mass is 19.1. The number of hydrogen-bond acceptors (Lipinski definition) is 4. The van der Waals surface area contributed by atoms with Gasteiger partial charge in [0.05, 0.1) is 30.8 Å². The second-order valence-electron chi connectivity index (χ2n) is 7.03. The number of hydrogen-bond donors (Lipinski definition) is 1. The number of halogens is 1. The van der Waals surface area contributed by atoms with Crippen LogP contribution in [0.5, 0.6) is 0 Å². The average Bonchev–Trinajstić information content (AvgIpc) is 2.62. The Balaban J connectivity index is 1.93. The highest BCUT2D eigenvalue weighted by Crippen LogP contribution is 2.29. The second kappa shape index (κ2) is 8.02. The zero-order valence-electron chi connectivity index (χ0n) is 15.9. The van der Waals surface area contributed by atoms with Crippen molar-refractivity contribution in [3.8, 4) is 0 Å². The van der Waals surface area contributed by atoms with Crippen LogP contribution >= 0.6 is 0 Å². The summed E-state index contributed by atoms with van der Waals surface area (Å²) >= 11 is 0. The van der Waals surface area contributed by atoms with E-state index in [4.69, 9.17) is 10.5 Å². The summed E-state index contributed by atoms with van der Waals surface area (Å²) < 4.78 is 20.1. The van der Waals surface area contributed by atoms with Gasteiger partial charge in [-0.25, -0.2) is 9.18 Å². The lowest BCUT2D eigenvalue weighted by Gasteiger charge is -2.38. The van der Waals surface area contributed by atoms with Crippen molar-refractivity contribution in [1.29, 1.82) is 0 Å². The molecule has 1 aromatic heterocycles. The normalized spacial score (nSPS) is 20.4. The van der Waals surface area contributed by atoms with Gasteiger partial charge in [-0.15, -0.1) is 0 Å². The Bertz CT molecular complexity index is 802. The molecule has 27 heavy (non-hydrogen) atoms. The molecule has 3 rings (SSSR count). The number of pyridine rings is 1. The van der Waals surface area contributed by atoms with Crippen molar-refractivity contribution in [2.45, 2.75) is 39.4 Å². The number of ether oxygens (including phenoxy) is 1. The van der Waals surface area contributed by atoms with Gasteiger partial charge in [0.2, 0.25) is 0 Å². The molecule has 2 atom stereocenters. The van der Waals surface area contributed by atoms with E-state index in [0.717, 1.165) is 16.2 Å². The van der Waals surface area contributed by atoms with Crippen molar-refractivity contribution in [3.63, 3.8) is 0 Å². The van der Waals surface area contributed by atoms with Crippen LogP contribution in [0.25, 0.3) is 0 Å². The molecular weight excluding hydrogens is 347 g/mol. The quantitative estimate of drug-likeness (QED) is 0.893. The van der Waals surface area contributed by atoms with Crippen LogP contribution in [0.2, 0.25) is 0 Å². The molecule has 144 valence electrons. The summed E-state index contributed by atoms with van der Waals surface area (Å²) in [7, 11) is 0. The number of carbonyl (C=O) groups is 1. The Morgan fingerprint density at radius 3 is 2.59 bits per heavy atom. The Morgan fingerprint density at radius 2 is 2.00 bits per heavy atom. The highest BCUT2D eigenvalue weighted by molar-refractivity contribution is 5.98. The minimum atomic E-state index is -0.759. The van der Waals surface area contributed by atoms with Gasteiger partial charge >= 0.3 is 6.03 Å². The van der Waals surface area contributed by atoms with Crippen molar-refractivity contribution in [2.24, 2.45) is 5.73 Å². The van der Waals surface area contributed by atoms with E-state index >= 15 is 0 Å². The lowest BCUT2D eigenvalue weighted by atomic mass is 10.1. The SMILES string of the molecule is Cc1ccc(N(C(N)=O)c2cc(CN3[C@H](C)COC[C@@H]3C)ccc2F)cn1. The number of aryl methyl sites for hydroxylation is 1. The van der Waals surface area contributed by atoms with E-state index in [1.54, 1.807) is 24.3 Å². The minimum absolute atomic E-state index is 0.124. The fraction of sp³-hybridized carbons (Fsp3) is 0.400. The summed E-state index contributed by atoms with van der Waals surface area (Å²) in [6.07, 6.45) is 1.51. The van der Waals surface area contributed by atoms with Gasteiger partial charge in [0, 0.05) is 24.3 Å². The first-order chi connectivity index (χ1) is 12.9. The van der Waals surface area contributed by atoms with Crippen molar-refractivity contribution in [3.05, 3.63) is 53.6 Å². The third kappa shape index (κ3) is 4.26. The fourth-order valence-corrected chi connectivity index (χ4v) is 3.36. The number of benzene rings is 1. The smallest absolute Gasteiger partial charge is 0.324 e. The molecule has 1 fully saturated rings. The molecule has 0 aliphatic carbocycles. The number of nitrogens with two attached hydrogens (primary N) is 1. The summed E-state index contributed by atoms with van der Waals surface area (Å²) in [5, 5.41) is 0. The number of urea groups is 1. The molecule has 1 aromatic carbocycles. The zero-order valence-corrected chi connectivity index (χ0v) is 15.9. The molecule has 2 amide bonds. The van der Waals surface area contributed by atoms with Crippen molar-refractivity contribution in [2.75, 3.05) is 18.1 Å². The molecule has 1 aliphatic rings. The van der Waals surface area contributed by atoms with Gasteiger partial charge in [-0.05, 0) is 50.6 Å². The predicted octanol–water partition coefficient (Wildman–Crippen LogP) is 3.36. The van der Waals surface area contributed by atoms with Gasteiger partial charge in [-0.3, -0.25) is 14.8 Å². The standard InChI is InChI=1S/C20H25FN4O2/c1-13-4-6-17(9-23-13)25(20(22)26)19-8-16(5-7-18(19)21)10-24-14(2)11-27-12-15(24)3/h4-9,14-15H,10-12H2,1-3H3,(H2,22,26)/t14-,15+. The number of carbonyl (C=O) groups excluding carboxylic acids is 1. The van der Waals surface area contributed by atoms with Crippen LogP contribution in [-0.4, -0.2) is 41.2 Å². The van der Waals surface area contributed by atoms with Crippen molar-refractivity contribution < 1.29 is 13.9 Å². The van der Waals surface area contributed by atoms with Crippen LogP contribution in [0.3, 0.4) is 0 Å². The van der Waals surface area contributed by atoms with Crippen LogP contribution < -0.4 is 10.6 Å². The van der Waals surface area contributed by atoms with Crippen LogP contribution in [0.15, 0.2) is 36.5 Å². The molecule has 7 heteroatoms. The second-order valence-corrected chi connectivity index (χ2v) is 7.03. The molecule has 2 heterocycles. The Morgan fingerprint density at radius 1 is 1.30 bits per heavy atom. The van der Waals surface area contributed by atoms with Crippen LogP contribution in [-0.2, 0) is 11.3 Å². The molecule has 6 nitrogen and oxygen atoms in total. The number of amides is 2. The zero-order chi connectivity index (χ0) is 19.6. The molecule has 2 aromatic rings. The molecule has 0 bridgehead atoms. The van der Waals surface area contributed by atoms with E-state index in [1.165, 1.54) is 12.3 Å². The van der Waals surface area contributed by atoms with Crippen molar-refractivity contribution in [1.82, 2.24) is 9.88 Å². The number of primary amides is 1. The van der Waals surface area contributed by atoms with Gasteiger partial charge in [-0.2, -0.15) is 0 Å². The maximum Gasteiger partial charge on any atom is 0.324 e. The van der Waals surface area contributed by atoms with E-state index in [2.05, 4.69) is 23.7 Å². The van der Waals surface area contributed by atoms with E-state index in [9.17, 15) is 9.18 Å². The van der Waals surface area contributed by atoms with E-state index in [0.29, 0.717) is 25.4 Å². The summed E-state index contributed by atoms with van der Waals surface area (Å²) in [5.74, 6) is -0.513. The molecule has 0 unspecified atom stereocenters. The topological polar surface area (TPSA) is 71.7 Å².